The van der Waals surface area contributed by atoms with E-state index < -0.39 is 0 Å². The maximum absolute atomic E-state index is 5.35. The summed E-state index contributed by atoms with van der Waals surface area (Å²) in [5.41, 5.74) is 0. The first-order chi connectivity index (χ1) is 9.38. The van der Waals surface area contributed by atoms with Crippen LogP contribution in [0.1, 0.15) is 26.2 Å². The molecule has 0 aromatic rings. The molecule has 6 heteroatoms. The molecule has 0 amide bonds. The molecule has 0 atom stereocenters. The third kappa shape index (κ3) is 7.64. The standard InChI is InChI=1S/C14H28N4O.HI/c1-2-15-14(16-6-5-13-3-4-13)17-7-8-18-9-11-19-12-10-18;/h13H,2-12H2,1H3,(H2,15,16,17);1H. The van der Waals surface area contributed by atoms with Crippen LogP contribution in [0, 0.1) is 5.92 Å². The Balaban J connectivity index is 0.00000200. The molecule has 118 valence electrons. The van der Waals surface area contributed by atoms with Gasteiger partial charge in [-0.05, 0) is 19.3 Å². The molecule has 0 aromatic carbocycles. The van der Waals surface area contributed by atoms with Crippen molar-refractivity contribution in [2.45, 2.75) is 26.2 Å². The van der Waals surface area contributed by atoms with Crippen LogP contribution in [0.2, 0.25) is 0 Å². The summed E-state index contributed by atoms with van der Waals surface area (Å²) in [7, 11) is 0. The second-order valence-corrected chi connectivity index (χ2v) is 5.37. The highest BCUT2D eigenvalue weighted by molar-refractivity contribution is 14.0. The zero-order valence-electron chi connectivity index (χ0n) is 12.6. The first-order valence-electron chi connectivity index (χ1n) is 7.70. The summed E-state index contributed by atoms with van der Waals surface area (Å²) in [6.07, 6.45) is 4.08. The lowest BCUT2D eigenvalue weighted by Gasteiger charge is -2.26. The fourth-order valence-electron chi connectivity index (χ4n) is 2.26. The number of hydrogen-bond donors (Lipinski definition) is 2. The quantitative estimate of drug-likeness (QED) is 0.387. The summed E-state index contributed by atoms with van der Waals surface area (Å²) in [6, 6.07) is 0. The maximum Gasteiger partial charge on any atom is 0.191 e. The van der Waals surface area contributed by atoms with Gasteiger partial charge in [0, 0.05) is 39.3 Å². The van der Waals surface area contributed by atoms with Crippen LogP contribution in [-0.2, 0) is 4.74 Å². The Morgan fingerprint density at radius 2 is 2.00 bits per heavy atom. The molecule has 0 bridgehead atoms. The van der Waals surface area contributed by atoms with Crippen molar-refractivity contribution >= 4 is 29.9 Å². The molecule has 1 aliphatic carbocycles. The van der Waals surface area contributed by atoms with Crippen LogP contribution in [-0.4, -0.2) is 63.3 Å². The molecule has 0 spiro atoms. The van der Waals surface area contributed by atoms with Crippen molar-refractivity contribution in [1.29, 1.82) is 0 Å². The first kappa shape index (κ1) is 18.0. The number of nitrogens with zero attached hydrogens (tertiary/aromatic N) is 2. The Hall–Kier alpha value is -0.0800. The smallest absolute Gasteiger partial charge is 0.191 e. The zero-order chi connectivity index (χ0) is 13.3. The molecule has 0 unspecified atom stereocenters. The lowest BCUT2D eigenvalue weighted by Crippen LogP contribution is -2.44. The first-order valence-corrected chi connectivity index (χ1v) is 7.70. The van der Waals surface area contributed by atoms with E-state index >= 15 is 0 Å². The number of morpholine rings is 1. The molecule has 0 aromatic heterocycles. The SMILES string of the molecule is CCNC(=NCCC1CC1)NCCN1CCOCC1.I. The van der Waals surface area contributed by atoms with E-state index in [1.807, 2.05) is 0 Å². The van der Waals surface area contributed by atoms with Crippen molar-refractivity contribution in [2.75, 3.05) is 52.5 Å². The van der Waals surface area contributed by atoms with Crippen molar-refractivity contribution < 1.29 is 4.74 Å². The van der Waals surface area contributed by atoms with Gasteiger partial charge in [0.2, 0.25) is 0 Å². The van der Waals surface area contributed by atoms with Crippen molar-refractivity contribution in [3.63, 3.8) is 0 Å². The molecule has 1 heterocycles. The number of halogens is 1. The molecule has 20 heavy (non-hydrogen) atoms. The summed E-state index contributed by atoms with van der Waals surface area (Å²) < 4.78 is 5.35. The lowest BCUT2D eigenvalue weighted by molar-refractivity contribution is 0.0389. The van der Waals surface area contributed by atoms with E-state index in [-0.39, 0.29) is 24.0 Å². The minimum atomic E-state index is 0. The van der Waals surface area contributed by atoms with Gasteiger partial charge in [0.25, 0.3) is 0 Å². The van der Waals surface area contributed by atoms with Crippen LogP contribution < -0.4 is 10.6 Å². The fraction of sp³-hybridized carbons (Fsp3) is 0.929. The van der Waals surface area contributed by atoms with Crippen molar-refractivity contribution in [1.82, 2.24) is 15.5 Å². The predicted octanol–water partition coefficient (Wildman–Crippen LogP) is 1.29. The van der Waals surface area contributed by atoms with Crippen molar-refractivity contribution in [3.8, 4) is 0 Å². The van der Waals surface area contributed by atoms with Crippen LogP contribution in [0.3, 0.4) is 0 Å². The van der Waals surface area contributed by atoms with Crippen LogP contribution in [0.15, 0.2) is 4.99 Å². The van der Waals surface area contributed by atoms with Crippen LogP contribution in [0.4, 0.5) is 0 Å². The summed E-state index contributed by atoms with van der Waals surface area (Å²) >= 11 is 0. The highest BCUT2D eigenvalue weighted by Crippen LogP contribution is 2.31. The third-order valence-electron chi connectivity index (χ3n) is 3.67. The Labute approximate surface area is 139 Å². The Morgan fingerprint density at radius 1 is 1.25 bits per heavy atom. The molecular weight excluding hydrogens is 367 g/mol. The third-order valence-corrected chi connectivity index (χ3v) is 3.67. The van der Waals surface area contributed by atoms with Gasteiger partial charge < -0.3 is 15.4 Å². The summed E-state index contributed by atoms with van der Waals surface area (Å²) in [5, 5.41) is 6.73. The van der Waals surface area contributed by atoms with E-state index in [1.54, 1.807) is 0 Å². The van der Waals surface area contributed by atoms with Crippen LogP contribution in [0.5, 0.6) is 0 Å². The molecule has 1 aliphatic heterocycles. The predicted molar refractivity (Wildman–Crippen MR) is 94.0 cm³/mol. The van der Waals surface area contributed by atoms with Crippen molar-refractivity contribution in [3.05, 3.63) is 0 Å². The molecular formula is C14H29IN4O. The van der Waals surface area contributed by atoms with Gasteiger partial charge in [-0.1, -0.05) is 12.8 Å². The molecule has 2 fully saturated rings. The monoisotopic (exact) mass is 396 g/mol. The van der Waals surface area contributed by atoms with Gasteiger partial charge in [0.05, 0.1) is 13.2 Å². The van der Waals surface area contributed by atoms with Gasteiger partial charge >= 0.3 is 0 Å². The highest BCUT2D eigenvalue weighted by atomic mass is 127. The summed E-state index contributed by atoms with van der Waals surface area (Å²) in [6.45, 7) is 9.86. The van der Waals surface area contributed by atoms with Gasteiger partial charge in [0.15, 0.2) is 5.96 Å². The topological polar surface area (TPSA) is 48.9 Å². The van der Waals surface area contributed by atoms with Crippen LogP contribution >= 0.6 is 24.0 Å². The van der Waals surface area contributed by atoms with E-state index in [1.165, 1.54) is 19.3 Å². The molecule has 2 aliphatic rings. The van der Waals surface area contributed by atoms with Crippen LogP contribution in [0.25, 0.3) is 0 Å². The average Bonchev–Trinajstić information content (AvgIpc) is 3.24. The van der Waals surface area contributed by atoms with Gasteiger partial charge in [-0.3, -0.25) is 9.89 Å². The number of rotatable bonds is 7. The number of hydrogen-bond acceptors (Lipinski definition) is 3. The normalized spacial score (nSPS) is 20.4. The number of ether oxygens (including phenoxy) is 1. The van der Waals surface area contributed by atoms with E-state index in [4.69, 9.17) is 4.74 Å². The highest BCUT2D eigenvalue weighted by Gasteiger charge is 2.20. The lowest BCUT2D eigenvalue weighted by atomic mass is 10.3. The minimum Gasteiger partial charge on any atom is -0.379 e. The molecule has 2 N–H and O–H groups in total. The largest absolute Gasteiger partial charge is 0.379 e. The molecule has 5 nitrogen and oxygen atoms in total. The summed E-state index contributed by atoms with van der Waals surface area (Å²) in [5.74, 6) is 1.93. The van der Waals surface area contributed by atoms with E-state index in [0.717, 1.165) is 64.4 Å². The molecule has 0 radical (unpaired) electrons. The van der Waals surface area contributed by atoms with Crippen molar-refractivity contribution in [2.24, 2.45) is 10.9 Å². The van der Waals surface area contributed by atoms with Gasteiger partial charge in [-0.2, -0.15) is 0 Å². The number of guanidine groups is 1. The Kier molecular flexibility index (Phi) is 9.54. The van der Waals surface area contributed by atoms with Gasteiger partial charge in [-0.15, -0.1) is 24.0 Å². The van der Waals surface area contributed by atoms with E-state index in [2.05, 4.69) is 27.4 Å². The summed E-state index contributed by atoms with van der Waals surface area (Å²) in [4.78, 5) is 7.06. The molecule has 2 rings (SSSR count). The number of aliphatic imine (C=N–C) groups is 1. The minimum absolute atomic E-state index is 0. The van der Waals surface area contributed by atoms with E-state index in [0.29, 0.717) is 0 Å². The second kappa shape index (κ2) is 10.6. The zero-order valence-corrected chi connectivity index (χ0v) is 14.9. The Bertz CT molecular complexity index is 278. The number of nitrogens with one attached hydrogen (secondary N) is 2. The fourth-order valence-corrected chi connectivity index (χ4v) is 2.26. The second-order valence-electron chi connectivity index (χ2n) is 5.37. The molecule has 1 saturated carbocycles. The van der Waals surface area contributed by atoms with Gasteiger partial charge in [-0.25, -0.2) is 0 Å². The Morgan fingerprint density at radius 3 is 2.65 bits per heavy atom. The van der Waals surface area contributed by atoms with E-state index in [9.17, 15) is 0 Å². The average molecular weight is 396 g/mol. The van der Waals surface area contributed by atoms with Gasteiger partial charge in [0.1, 0.15) is 0 Å². The maximum atomic E-state index is 5.35. The molecule has 1 saturated heterocycles.